The summed E-state index contributed by atoms with van der Waals surface area (Å²) < 4.78 is 1.31. The molecule has 0 saturated carbocycles. The van der Waals surface area contributed by atoms with Crippen LogP contribution in [0.1, 0.15) is 5.56 Å². The van der Waals surface area contributed by atoms with Gasteiger partial charge in [-0.05, 0) is 6.07 Å². The Balaban J connectivity index is 2.01. The largest absolute Gasteiger partial charge is 0.395 e. The van der Waals surface area contributed by atoms with Gasteiger partial charge >= 0.3 is 0 Å². The molecule has 3 aromatic rings. The van der Waals surface area contributed by atoms with Crippen molar-refractivity contribution in [3.8, 4) is 12.0 Å². The van der Waals surface area contributed by atoms with Gasteiger partial charge in [0.15, 0.2) is 17.3 Å². The lowest BCUT2D eigenvalue weighted by atomic mass is 10.4. The van der Waals surface area contributed by atoms with Crippen molar-refractivity contribution in [2.75, 3.05) is 55.4 Å². The van der Waals surface area contributed by atoms with Crippen molar-refractivity contribution in [2.45, 2.75) is 0 Å². The van der Waals surface area contributed by atoms with Crippen LogP contribution in [0.15, 0.2) is 34.9 Å². The average Bonchev–Trinajstić information content (AvgIpc) is 3.27. The highest BCUT2D eigenvalue weighted by Gasteiger charge is 2.16. The van der Waals surface area contributed by atoms with Gasteiger partial charge in [-0.15, -0.1) is 15.3 Å². The quantitative estimate of drug-likeness (QED) is 0.199. The maximum atomic E-state index is 9.46. The van der Waals surface area contributed by atoms with Crippen molar-refractivity contribution >= 4 is 29.1 Å². The predicted octanol–water partition coefficient (Wildman–Crippen LogP) is -0.0480. The molecule has 0 unspecified atom stereocenters. The van der Waals surface area contributed by atoms with Gasteiger partial charge in [0, 0.05) is 32.0 Å². The van der Waals surface area contributed by atoms with Crippen molar-refractivity contribution in [2.24, 2.45) is 10.2 Å². The van der Waals surface area contributed by atoms with E-state index in [9.17, 15) is 15.5 Å². The van der Waals surface area contributed by atoms with Gasteiger partial charge in [0.2, 0.25) is 11.8 Å². The SMILES string of the molecule is N#Cc1cn(-c2ncccn2)nc1/N=N/c1c(NCCO)nc(NCCO)nc1NCCO. The number of hydrogen-bond acceptors (Lipinski definition) is 14. The monoisotopic (exact) mass is 454 g/mol. The molecule has 3 rings (SSSR count). The molecule has 0 aliphatic heterocycles. The zero-order valence-corrected chi connectivity index (χ0v) is 17.4. The van der Waals surface area contributed by atoms with Crippen LogP contribution in [0.3, 0.4) is 0 Å². The molecule has 0 amide bonds. The third-order valence-corrected chi connectivity index (χ3v) is 3.90. The second kappa shape index (κ2) is 12.0. The van der Waals surface area contributed by atoms with Gasteiger partial charge in [-0.1, -0.05) is 0 Å². The molecule has 3 aromatic heterocycles. The van der Waals surface area contributed by atoms with Crippen LogP contribution in [-0.2, 0) is 0 Å². The molecule has 15 nitrogen and oxygen atoms in total. The molecule has 0 aliphatic carbocycles. The molecule has 172 valence electrons. The number of nitriles is 1. The summed E-state index contributed by atoms with van der Waals surface area (Å²) in [5, 5.41) is 58.1. The summed E-state index contributed by atoms with van der Waals surface area (Å²) in [4.78, 5) is 16.8. The van der Waals surface area contributed by atoms with E-state index in [-0.39, 0.29) is 80.1 Å². The zero-order valence-electron chi connectivity index (χ0n) is 17.4. The number of anilines is 3. The first-order chi connectivity index (χ1) is 16.2. The fourth-order valence-electron chi connectivity index (χ4n) is 2.52. The Morgan fingerprint density at radius 3 is 2.09 bits per heavy atom. The summed E-state index contributed by atoms with van der Waals surface area (Å²) in [5.74, 6) is 0.926. The van der Waals surface area contributed by atoms with E-state index in [4.69, 9.17) is 5.11 Å². The number of aliphatic hydroxyl groups is 3. The summed E-state index contributed by atoms with van der Waals surface area (Å²) in [6.07, 6.45) is 4.51. The first-order valence-corrected chi connectivity index (χ1v) is 9.85. The molecule has 0 radical (unpaired) electrons. The summed E-state index contributed by atoms with van der Waals surface area (Å²) in [5.41, 5.74) is 0.309. The molecular formula is C18H22N12O3. The van der Waals surface area contributed by atoms with Crippen LogP contribution in [0.4, 0.5) is 29.1 Å². The van der Waals surface area contributed by atoms with Crippen LogP contribution in [0.5, 0.6) is 0 Å². The fraction of sp³-hybridized carbons (Fsp3) is 0.333. The third-order valence-electron chi connectivity index (χ3n) is 3.90. The number of hydrogen-bond donors (Lipinski definition) is 6. The number of azo groups is 1. The number of rotatable bonds is 12. The van der Waals surface area contributed by atoms with Crippen LogP contribution >= 0.6 is 0 Å². The second-order valence-electron chi connectivity index (χ2n) is 6.22. The van der Waals surface area contributed by atoms with Crippen molar-refractivity contribution in [3.63, 3.8) is 0 Å². The van der Waals surface area contributed by atoms with Gasteiger partial charge in [0.05, 0.1) is 26.0 Å². The topological polar surface area (TPSA) is 215 Å². The summed E-state index contributed by atoms with van der Waals surface area (Å²) >= 11 is 0. The summed E-state index contributed by atoms with van der Waals surface area (Å²) in [7, 11) is 0. The van der Waals surface area contributed by atoms with E-state index in [0.717, 1.165) is 0 Å². The van der Waals surface area contributed by atoms with Crippen LogP contribution < -0.4 is 16.0 Å². The van der Waals surface area contributed by atoms with Crippen molar-refractivity contribution < 1.29 is 15.3 Å². The molecule has 0 fully saturated rings. The predicted molar refractivity (Wildman–Crippen MR) is 117 cm³/mol. The minimum atomic E-state index is -0.167. The molecule has 0 bridgehead atoms. The maximum absolute atomic E-state index is 9.46. The zero-order chi connectivity index (χ0) is 23.5. The summed E-state index contributed by atoms with van der Waals surface area (Å²) in [6, 6.07) is 3.65. The van der Waals surface area contributed by atoms with Crippen LogP contribution in [0, 0.1) is 11.3 Å². The number of nitrogens with zero attached hydrogens (tertiary/aromatic N) is 9. The number of aliphatic hydroxyl groups excluding tert-OH is 3. The molecular weight excluding hydrogens is 432 g/mol. The van der Waals surface area contributed by atoms with E-state index in [1.807, 2.05) is 6.07 Å². The molecule has 0 atom stereocenters. The van der Waals surface area contributed by atoms with Crippen molar-refractivity contribution in [1.82, 2.24) is 29.7 Å². The maximum Gasteiger partial charge on any atom is 0.250 e. The lowest BCUT2D eigenvalue weighted by Gasteiger charge is -2.14. The van der Waals surface area contributed by atoms with Crippen molar-refractivity contribution in [3.05, 3.63) is 30.2 Å². The lowest BCUT2D eigenvalue weighted by Crippen LogP contribution is -2.15. The molecule has 0 aromatic carbocycles. The standard InChI is InChI=1S/C18H22N12O3/c19-10-12-11-30(18-23-2-1-3-24-18)29-14(12)28-27-13-15(20-4-7-31)25-17(22-6-9-33)26-16(13)21-5-8-32/h1-3,11,31-33H,4-9H2,(H3,20,21,22,25,26)/b28-27+. The Bertz CT molecular complexity index is 1080. The molecule has 0 saturated heterocycles. The lowest BCUT2D eigenvalue weighted by molar-refractivity contribution is 0.311. The minimum Gasteiger partial charge on any atom is -0.395 e. The highest BCUT2D eigenvalue weighted by molar-refractivity contribution is 5.75. The van der Waals surface area contributed by atoms with E-state index in [0.29, 0.717) is 0 Å². The van der Waals surface area contributed by atoms with E-state index < -0.39 is 0 Å². The molecule has 33 heavy (non-hydrogen) atoms. The number of nitrogens with one attached hydrogen (secondary N) is 3. The molecule has 6 N–H and O–H groups in total. The van der Waals surface area contributed by atoms with Crippen LogP contribution in [0.2, 0.25) is 0 Å². The second-order valence-corrected chi connectivity index (χ2v) is 6.22. The Hall–Kier alpha value is -4.26. The first-order valence-electron chi connectivity index (χ1n) is 9.85. The molecule has 0 aliphatic rings. The van der Waals surface area contributed by atoms with Gasteiger partial charge in [-0.2, -0.15) is 15.2 Å². The van der Waals surface area contributed by atoms with E-state index >= 15 is 0 Å². The smallest absolute Gasteiger partial charge is 0.250 e. The summed E-state index contributed by atoms with van der Waals surface area (Å²) in [6.45, 7) is 0.0845. The van der Waals surface area contributed by atoms with Crippen LogP contribution in [-0.4, -0.2) is 84.5 Å². The first kappa shape index (κ1) is 23.4. The van der Waals surface area contributed by atoms with Gasteiger partial charge in [-0.3, -0.25) is 0 Å². The van der Waals surface area contributed by atoms with Crippen LogP contribution in [0.25, 0.3) is 5.95 Å². The van der Waals surface area contributed by atoms with Gasteiger partial charge < -0.3 is 31.3 Å². The Morgan fingerprint density at radius 2 is 1.52 bits per heavy atom. The fourth-order valence-corrected chi connectivity index (χ4v) is 2.52. The highest BCUT2D eigenvalue weighted by atomic mass is 16.3. The molecule has 3 heterocycles. The number of aromatic nitrogens is 6. The van der Waals surface area contributed by atoms with E-state index in [1.54, 1.807) is 18.5 Å². The highest BCUT2D eigenvalue weighted by Crippen LogP contribution is 2.33. The Kier molecular flexibility index (Phi) is 8.48. The molecule has 0 spiro atoms. The van der Waals surface area contributed by atoms with Gasteiger partial charge in [0.1, 0.15) is 11.6 Å². The Morgan fingerprint density at radius 1 is 0.909 bits per heavy atom. The van der Waals surface area contributed by atoms with Gasteiger partial charge in [-0.25, -0.2) is 14.6 Å². The third kappa shape index (κ3) is 6.13. The molecule has 15 heteroatoms. The van der Waals surface area contributed by atoms with E-state index in [2.05, 4.69) is 51.2 Å². The van der Waals surface area contributed by atoms with E-state index in [1.165, 1.54) is 10.9 Å². The normalized spacial score (nSPS) is 10.8. The van der Waals surface area contributed by atoms with Gasteiger partial charge in [0.25, 0.3) is 5.95 Å². The Labute approximate surface area is 187 Å². The minimum absolute atomic E-state index is 0.0219. The van der Waals surface area contributed by atoms with Crippen molar-refractivity contribution in [1.29, 1.82) is 5.26 Å². The average molecular weight is 454 g/mol.